The average molecular weight is 339 g/mol. The highest BCUT2D eigenvalue weighted by molar-refractivity contribution is 7.16. The molecule has 4 nitrogen and oxygen atoms in total. The van der Waals surface area contributed by atoms with Gasteiger partial charge in [0.2, 0.25) is 5.91 Å². The van der Waals surface area contributed by atoms with Crippen LogP contribution in [-0.4, -0.2) is 19.0 Å². The van der Waals surface area contributed by atoms with E-state index in [1.165, 1.54) is 4.88 Å². The first-order chi connectivity index (χ1) is 11.7. The normalized spacial score (nSPS) is 12.5. The van der Waals surface area contributed by atoms with Gasteiger partial charge in [0.25, 0.3) is 0 Å². The fraction of sp³-hybridized carbons (Fsp3) is 0.368. The quantitative estimate of drug-likeness (QED) is 0.866. The van der Waals surface area contributed by atoms with Gasteiger partial charge >= 0.3 is 0 Å². The Morgan fingerprint density at radius 2 is 2.12 bits per heavy atom. The third kappa shape index (κ3) is 3.44. The topological polar surface area (TPSA) is 56.1 Å². The largest absolute Gasteiger partial charge is 0.371 e. The van der Waals surface area contributed by atoms with Gasteiger partial charge in [-0.3, -0.25) is 4.79 Å². The molecule has 0 saturated carbocycles. The molecule has 1 N–H and O–H groups in total. The summed E-state index contributed by atoms with van der Waals surface area (Å²) < 4.78 is 0. The van der Waals surface area contributed by atoms with E-state index in [2.05, 4.69) is 35.3 Å². The van der Waals surface area contributed by atoms with Crippen molar-refractivity contribution < 1.29 is 4.79 Å². The van der Waals surface area contributed by atoms with Crippen molar-refractivity contribution in [3.8, 4) is 6.07 Å². The fourth-order valence-electron chi connectivity index (χ4n) is 3.14. The summed E-state index contributed by atoms with van der Waals surface area (Å²) in [5.41, 5.74) is 2.95. The van der Waals surface area contributed by atoms with Gasteiger partial charge in [0, 0.05) is 30.1 Å². The molecule has 1 aromatic carbocycles. The average Bonchev–Trinajstić information content (AvgIpc) is 3.17. The number of para-hydroxylation sites is 1. The van der Waals surface area contributed by atoms with Crippen molar-refractivity contribution in [3.63, 3.8) is 0 Å². The molecule has 0 bridgehead atoms. The zero-order valence-corrected chi connectivity index (χ0v) is 14.7. The number of benzene rings is 1. The molecule has 124 valence electrons. The second-order valence-corrected chi connectivity index (χ2v) is 6.99. The molecule has 24 heavy (non-hydrogen) atoms. The number of rotatable bonds is 6. The first kappa shape index (κ1) is 16.5. The van der Waals surface area contributed by atoms with Crippen molar-refractivity contribution in [2.24, 2.45) is 0 Å². The number of fused-ring (bicyclic) bond motifs is 1. The molecule has 0 radical (unpaired) electrons. The molecule has 1 aliphatic rings. The number of hydrogen-bond donors (Lipinski definition) is 1. The summed E-state index contributed by atoms with van der Waals surface area (Å²) in [6, 6.07) is 12.4. The Balaban J connectivity index is 1.61. The van der Waals surface area contributed by atoms with Crippen LogP contribution >= 0.6 is 11.3 Å². The highest BCUT2D eigenvalue weighted by Gasteiger charge is 2.23. The smallest absolute Gasteiger partial charge is 0.226 e. The SMILES string of the molecule is CCN(CCC(=O)Nc1sc2c(c1C#N)CCC2)c1ccccc1. The van der Waals surface area contributed by atoms with Gasteiger partial charge in [0.1, 0.15) is 11.1 Å². The Kier molecular flexibility index (Phi) is 5.17. The molecule has 0 unspecified atom stereocenters. The minimum Gasteiger partial charge on any atom is -0.371 e. The van der Waals surface area contributed by atoms with Crippen molar-refractivity contribution in [3.05, 3.63) is 46.3 Å². The van der Waals surface area contributed by atoms with E-state index in [0.29, 0.717) is 18.5 Å². The van der Waals surface area contributed by atoms with Gasteiger partial charge in [-0.1, -0.05) is 18.2 Å². The first-order valence-electron chi connectivity index (χ1n) is 8.37. The highest BCUT2D eigenvalue weighted by atomic mass is 32.1. The van der Waals surface area contributed by atoms with Crippen molar-refractivity contribution in [1.29, 1.82) is 5.26 Å². The number of carbonyl (C=O) groups excluding carboxylic acids is 1. The standard InChI is InChI=1S/C19H21N3OS/c1-2-22(14-7-4-3-5-8-14)12-11-18(23)21-19-16(13-20)15-9-6-10-17(15)24-19/h3-5,7-8H,2,6,9-12H2,1H3,(H,21,23). The number of carbonyl (C=O) groups is 1. The van der Waals surface area contributed by atoms with Crippen LogP contribution in [0.15, 0.2) is 30.3 Å². The zero-order valence-electron chi connectivity index (χ0n) is 13.8. The maximum atomic E-state index is 12.3. The number of anilines is 2. The summed E-state index contributed by atoms with van der Waals surface area (Å²) in [4.78, 5) is 15.8. The number of hydrogen-bond acceptors (Lipinski definition) is 4. The Morgan fingerprint density at radius 3 is 2.83 bits per heavy atom. The van der Waals surface area contributed by atoms with Gasteiger partial charge in [-0.25, -0.2) is 0 Å². The monoisotopic (exact) mass is 339 g/mol. The van der Waals surface area contributed by atoms with Gasteiger partial charge in [0.15, 0.2) is 0 Å². The molecule has 0 saturated heterocycles. The molecule has 1 amide bonds. The van der Waals surface area contributed by atoms with Crippen LogP contribution in [0.25, 0.3) is 0 Å². The summed E-state index contributed by atoms with van der Waals surface area (Å²) in [6.45, 7) is 3.61. The van der Waals surface area contributed by atoms with Crippen LogP contribution in [0.3, 0.4) is 0 Å². The van der Waals surface area contributed by atoms with E-state index < -0.39 is 0 Å². The third-order valence-electron chi connectivity index (χ3n) is 4.40. The van der Waals surface area contributed by atoms with Gasteiger partial charge in [0.05, 0.1) is 5.56 Å². The van der Waals surface area contributed by atoms with E-state index in [0.717, 1.165) is 42.1 Å². The molecule has 1 aromatic heterocycles. The Labute approximate surface area is 146 Å². The van der Waals surface area contributed by atoms with Crippen molar-refractivity contribution in [2.75, 3.05) is 23.3 Å². The van der Waals surface area contributed by atoms with E-state index in [-0.39, 0.29) is 5.91 Å². The molecule has 0 aliphatic heterocycles. The maximum absolute atomic E-state index is 12.3. The summed E-state index contributed by atoms with van der Waals surface area (Å²) in [5, 5.41) is 13.1. The Morgan fingerprint density at radius 1 is 1.33 bits per heavy atom. The molecule has 5 heteroatoms. The number of aryl methyl sites for hydroxylation is 1. The van der Waals surface area contributed by atoms with Crippen LogP contribution in [0.5, 0.6) is 0 Å². The van der Waals surface area contributed by atoms with Crippen molar-refractivity contribution in [2.45, 2.75) is 32.6 Å². The van der Waals surface area contributed by atoms with Crippen LogP contribution in [0.4, 0.5) is 10.7 Å². The maximum Gasteiger partial charge on any atom is 0.226 e. The molecule has 1 heterocycles. The number of amides is 1. The minimum atomic E-state index is -0.0270. The van der Waals surface area contributed by atoms with Gasteiger partial charge in [-0.2, -0.15) is 5.26 Å². The molecular weight excluding hydrogens is 318 g/mol. The van der Waals surface area contributed by atoms with Gasteiger partial charge < -0.3 is 10.2 Å². The summed E-state index contributed by atoms with van der Waals surface area (Å²) in [5.74, 6) is -0.0270. The van der Waals surface area contributed by atoms with Gasteiger partial charge in [-0.05, 0) is 43.9 Å². The van der Waals surface area contributed by atoms with Crippen LogP contribution in [0.2, 0.25) is 0 Å². The first-order valence-corrected chi connectivity index (χ1v) is 9.19. The fourth-order valence-corrected chi connectivity index (χ4v) is 4.40. The molecule has 0 atom stereocenters. The molecule has 2 aromatic rings. The predicted octanol–water partition coefficient (Wildman–Crippen LogP) is 3.96. The zero-order chi connectivity index (χ0) is 16.9. The second kappa shape index (κ2) is 7.50. The lowest BCUT2D eigenvalue weighted by molar-refractivity contribution is -0.116. The number of thiophene rings is 1. The Hall–Kier alpha value is -2.32. The molecule has 1 aliphatic carbocycles. The lowest BCUT2D eigenvalue weighted by Crippen LogP contribution is -2.27. The summed E-state index contributed by atoms with van der Waals surface area (Å²) in [7, 11) is 0. The van der Waals surface area contributed by atoms with E-state index in [4.69, 9.17) is 0 Å². The van der Waals surface area contributed by atoms with Crippen LogP contribution in [0, 0.1) is 11.3 Å². The molecule has 3 rings (SSSR count). The third-order valence-corrected chi connectivity index (χ3v) is 5.61. The van der Waals surface area contributed by atoms with Crippen molar-refractivity contribution >= 4 is 27.9 Å². The Bertz CT molecular complexity index is 761. The molecule has 0 spiro atoms. The second-order valence-electron chi connectivity index (χ2n) is 5.89. The number of nitrogens with zero attached hydrogens (tertiary/aromatic N) is 2. The lowest BCUT2D eigenvalue weighted by Gasteiger charge is -2.22. The van der Waals surface area contributed by atoms with Crippen LogP contribution in [0.1, 0.15) is 35.8 Å². The van der Waals surface area contributed by atoms with Crippen LogP contribution < -0.4 is 10.2 Å². The molecular formula is C19H21N3OS. The highest BCUT2D eigenvalue weighted by Crippen LogP contribution is 2.38. The van der Waals surface area contributed by atoms with Gasteiger partial charge in [-0.15, -0.1) is 11.3 Å². The predicted molar refractivity (Wildman–Crippen MR) is 98.6 cm³/mol. The van der Waals surface area contributed by atoms with Crippen LogP contribution in [-0.2, 0) is 17.6 Å². The summed E-state index contributed by atoms with van der Waals surface area (Å²) >= 11 is 1.57. The number of nitriles is 1. The molecule has 0 fully saturated rings. The van der Waals surface area contributed by atoms with E-state index in [9.17, 15) is 10.1 Å². The van der Waals surface area contributed by atoms with Crippen molar-refractivity contribution in [1.82, 2.24) is 0 Å². The van der Waals surface area contributed by atoms with E-state index in [1.54, 1.807) is 11.3 Å². The number of nitrogens with one attached hydrogen (secondary N) is 1. The lowest BCUT2D eigenvalue weighted by atomic mass is 10.1. The van der Waals surface area contributed by atoms with E-state index in [1.807, 2.05) is 18.2 Å². The summed E-state index contributed by atoms with van der Waals surface area (Å²) in [6.07, 6.45) is 3.52. The minimum absolute atomic E-state index is 0.0270. The van der Waals surface area contributed by atoms with E-state index >= 15 is 0 Å².